The minimum Gasteiger partial charge on any atom is -0.497 e. The molecule has 24 heavy (non-hydrogen) atoms. The third-order valence-electron chi connectivity index (χ3n) is 3.57. The standard InChI is InChI=1S/C20H16N2O2/c1-14-18(13-10-15-8-11-17(24-2)12-9-15)20(23)22-19(21-14)16-6-4-3-5-7-16/h3-9,11-12H,1-2H3,(H,21,22,23). The SMILES string of the molecule is COc1ccc(C#Cc2c(C)nc(-c3ccccc3)[nH]c2=O)cc1. The molecule has 2 aromatic carbocycles. The van der Waals surface area contributed by atoms with Crippen LogP contribution in [0.1, 0.15) is 16.8 Å². The predicted octanol–water partition coefficient (Wildman–Crippen LogP) is 3.15. The van der Waals surface area contributed by atoms with Crippen molar-refractivity contribution in [2.24, 2.45) is 0 Å². The van der Waals surface area contributed by atoms with Crippen molar-refractivity contribution in [1.82, 2.24) is 9.97 Å². The Morgan fingerprint density at radius 2 is 1.71 bits per heavy atom. The van der Waals surface area contributed by atoms with E-state index in [1.165, 1.54) is 0 Å². The van der Waals surface area contributed by atoms with Crippen molar-refractivity contribution in [1.29, 1.82) is 0 Å². The molecule has 0 aliphatic heterocycles. The number of aromatic amines is 1. The molecule has 0 fully saturated rings. The summed E-state index contributed by atoms with van der Waals surface area (Å²) in [7, 11) is 1.61. The molecule has 0 bridgehead atoms. The van der Waals surface area contributed by atoms with Gasteiger partial charge in [0.05, 0.1) is 12.8 Å². The van der Waals surface area contributed by atoms with Crippen LogP contribution in [-0.4, -0.2) is 17.1 Å². The smallest absolute Gasteiger partial charge is 0.267 e. The van der Waals surface area contributed by atoms with Crippen molar-refractivity contribution in [2.45, 2.75) is 6.92 Å². The van der Waals surface area contributed by atoms with Gasteiger partial charge in [-0.15, -0.1) is 0 Å². The highest BCUT2D eigenvalue weighted by Gasteiger charge is 2.07. The van der Waals surface area contributed by atoms with Crippen LogP contribution in [0.25, 0.3) is 11.4 Å². The van der Waals surface area contributed by atoms with Crippen LogP contribution in [0, 0.1) is 18.8 Å². The molecule has 0 saturated heterocycles. The van der Waals surface area contributed by atoms with E-state index in [1.54, 1.807) is 14.0 Å². The zero-order valence-electron chi connectivity index (χ0n) is 13.5. The molecule has 4 heteroatoms. The Kier molecular flexibility index (Phi) is 4.44. The molecule has 118 valence electrons. The molecule has 3 aromatic rings. The van der Waals surface area contributed by atoms with Crippen molar-refractivity contribution in [3.63, 3.8) is 0 Å². The highest BCUT2D eigenvalue weighted by molar-refractivity contribution is 5.56. The van der Waals surface area contributed by atoms with Gasteiger partial charge in [0, 0.05) is 11.1 Å². The van der Waals surface area contributed by atoms with E-state index in [4.69, 9.17) is 4.74 Å². The predicted molar refractivity (Wildman–Crippen MR) is 94.0 cm³/mol. The second kappa shape index (κ2) is 6.84. The summed E-state index contributed by atoms with van der Waals surface area (Å²) in [6.07, 6.45) is 0. The molecule has 0 amide bonds. The monoisotopic (exact) mass is 316 g/mol. The minimum absolute atomic E-state index is 0.234. The number of aromatic nitrogens is 2. The second-order valence-corrected chi connectivity index (χ2v) is 5.22. The first kappa shape index (κ1) is 15.6. The number of methoxy groups -OCH3 is 1. The highest BCUT2D eigenvalue weighted by atomic mass is 16.5. The van der Waals surface area contributed by atoms with Crippen LogP contribution in [-0.2, 0) is 0 Å². The van der Waals surface area contributed by atoms with E-state index in [1.807, 2.05) is 54.6 Å². The van der Waals surface area contributed by atoms with E-state index in [0.717, 1.165) is 16.9 Å². The summed E-state index contributed by atoms with van der Waals surface area (Å²) in [5, 5.41) is 0. The number of nitrogens with one attached hydrogen (secondary N) is 1. The van der Waals surface area contributed by atoms with Gasteiger partial charge in [0.15, 0.2) is 0 Å². The third-order valence-corrected chi connectivity index (χ3v) is 3.57. The molecule has 0 aliphatic rings. The maximum Gasteiger partial charge on any atom is 0.267 e. The normalized spacial score (nSPS) is 9.92. The summed E-state index contributed by atoms with van der Waals surface area (Å²) < 4.78 is 5.11. The molecule has 3 rings (SSSR count). The van der Waals surface area contributed by atoms with E-state index in [2.05, 4.69) is 21.8 Å². The number of benzene rings is 2. The number of hydrogen-bond acceptors (Lipinski definition) is 3. The molecule has 1 heterocycles. The Labute approximate surface area is 140 Å². The number of nitrogens with zero attached hydrogens (tertiary/aromatic N) is 1. The van der Waals surface area contributed by atoms with Crippen LogP contribution in [0.4, 0.5) is 0 Å². The lowest BCUT2D eigenvalue weighted by molar-refractivity contribution is 0.415. The fourth-order valence-corrected chi connectivity index (χ4v) is 2.27. The van der Waals surface area contributed by atoms with E-state index in [0.29, 0.717) is 17.1 Å². The topological polar surface area (TPSA) is 55.0 Å². The van der Waals surface area contributed by atoms with Gasteiger partial charge in [0.25, 0.3) is 5.56 Å². The van der Waals surface area contributed by atoms with Gasteiger partial charge in [-0.05, 0) is 31.2 Å². The highest BCUT2D eigenvalue weighted by Crippen LogP contribution is 2.14. The van der Waals surface area contributed by atoms with Gasteiger partial charge in [-0.3, -0.25) is 4.79 Å². The average molecular weight is 316 g/mol. The van der Waals surface area contributed by atoms with Gasteiger partial charge in [-0.25, -0.2) is 4.98 Å². The summed E-state index contributed by atoms with van der Waals surface area (Å²) in [5.41, 5.74) is 2.43. The summed E-state index contributed by atoms with van der Waals surface area (Å²) in [6.45, 7) is 1.79. The van der Waals surface area contributed by atoms with Crippen LogP contribution in [0.3, 0.4) is 0 Å². The van der Waals surface area contributed by atoms with Crippen LogP contribution in [0.5, 0.6) is 5.75 Å². The van der Waals surface area contributed by atoms with E-state index < -0.39 is 0 Å². The lowest BCUT2D eigenvalue weighted by Gasteiger charge is -2.03. The van der Waals surface area contributed by atoms with Crippen LogP contribution >= 0.6 is 0 Å². The molecule has 4 nitrogen and oxygen atoms in total. The summed E-state index contributed by atoms with van der Waals surface area (Å²) in [4.78, 5) is 19.6. The number of ether oxygens (including phenoxy) is 1. The Hall–Kier alpha value is -3.32. The number of rotatable bonds is 2. The van der Waals surface area contributed by atoms with Crippen LogP contribution in [0.2, 0.25) is 0 Å². The molecule has 0 unspecified atom stereocenters. The van der Waals surface area contributed by atoms with Crippen molar-refractivity contribution in [3.05, 3.63) is 81.8 Å². The van der Waals surface area contributed by atoms with E-state index >= 15 is 0 Å². The summed E-state index contributed by atoms with van der Waals surface area (Å²) in [5.74, 6) is 7.22. The summed E-state index contributed by atoms with van der Waals surface area (Å²) >= 11 is 0. The number of aryl methyl sites for hydroxylation is 1. The van der Waals surface area contributed by atoms with Gasteiger partial charge in [0.2, 0.25) is 0 Å². The quantitative estimate of drug-likeness (QED) is 0.739. The van der Waals surface area contributed by atoms with Crippen molar-refractivity contribution < 1.29 is 4.74 Å². The fraction of sp³-hybridized carbons (Fsp3) is 0.100. The first-order chi connectivity index (χ1) is 11.7. The lowest BCUT2D eigenvalue weighted by atomic mass is 10.1. The Balaban J connectivity index is 1.95. The second-order valence-electron chi connectivity index (χ2n) is 5.22. The molecule has 0 spiro atoms. The fourth-order valence-electron chi connectivity index (χ4n) is 2.27. The molecular formula is C20H16N2O2. The zero-order valence-corrected chi connectivity index (χ0v) is 13.5. The zero-order chi connectivity index (χ0) is 16.9. The van der Waals surface area contributed by atoms with E-state index in [9.17, 15) is 4.79 Å². The lowest BCUT2D eigenvalue weighted by Crippen LogP contribution is -2.15. The Morgan fingerprint density at radius 3 is 2.33 bits per heavy atom. The minimum atomic E-state index is -0.234. The molecule has 0 aliphatic carbocycles. The largest absolute Gasteiger partial charge is 0.497 e. The van der Waals surface area contributed by atoms with E-state index in [-0.39, 0.29) is 5.56 Å². The van der Waals surface area contributed by atoms with Crippen LogP contribution in [0.15, 0.2) is 59.4 Å². The van der Waals surface area contributed by atoms with Gasteiger partial charge < -0.3 is 9.72 Å². The molecule has 0 radical (unpaired) electrons. The maximum absolute atomic E-state index is 12.3. The molecule has 1 N–H and O–H groups in total. The van der Waals surface area contributed by atoms with Gasteiger partial charge in [-0.1, -0.05) is 42.2 Å². The Morgan fingerprint density at radius 1 is 1.00 bits per heavy atom. The molecule has 0 atom stereocenters. The summed E-state index contributed by atoms with van der Waals surface area (Å²) in [6, 6.07) is 16.9. The molecule has 0 saturated carbocycles. The van der Waals surface area contributed by atoms with Crippen molar-refractivity contribution >= 4 is 0 Å². The third kappa shape index (κ3) is 3.36. The van der Waals surface area contributed by atoms with Gasteiger partial charge in [0.1, 0.15) is 17.1 Å². The number of hydrogen-bond donors (Lipinski definition) is 1. The van der Waals surface area contributed by atoms with Gasteiger partial charge in [-0.2, -0.15) is 0 Å². The Bertz CT molecular complexity index is 963. The first-order valence-electron chi connectivity index (χ1n) is 7.50. The molecule has 1 aromatic heterocycles. The average Bonchev–Trinajstić information content (AvgIpc) is 2.62. The van der Waals surface area contributed by atoms with Gasteiger partial charge >= 0.3 is 0 Å². The van der Waals surface area contributed by atoms with Crippen molar-refractivity contribution in [2.75, 3.05) is 7.11 Å². The van der Waals surface area contributed by atoms with Crippen molar-refractivity contribution in [3.8, 4) is 29.0 Å². The van der Waals surface area contributed by atoms with Crippen LogP contribution < -0.4 is 10.3 Å². The first-order valence-corrected chi connectivity index (χ1v) is 7.50. The number of H-pyrrole nitrogens is 1. The maximum atomic E-state index is 12.3. The molecular weight excluding hydrogens is 300 g/mol.